The molecular formula is C23H23Cl2NO5. The topological polar surface area (TPSA) is 65.1 Å². The van der Waals surface area contributed by atoms with Crippen molar-refractivity contribution in [2.75, 3.05) is 26.3 Å². The lowest BCUT2D eigenvalue weighted by atomic mass is 9.96. The molecule has 31 heavy (non-hydrogen) atoms. The largest absolute Gasteiger partial charge is 0.489 e. The van der Waals surface area contributed by atoms with E-state index in [1.807, 2.05) is 0 Å². The van der Waals surface area contributed by atoms with Crippen LogP contribution in [0.2, 0.25) is 10.0 Å². The lowest BCUT2D eigenvalue weighted by molar-refractivity contribution is -0.151. The van der Waals surface area contributed by atoms with Crippen LogP contribution in [-0.4, -0.2) is 43.1 Å². The predicted octanol–water partition coefficient (Wildman–Crippen LogP) is 4.75. The molecule has 2 heterocycles. The van der Waals surface area contributed by atoms with Gasteiger partial charge in [-0.25, -0.2) is 0 Å². The number of hydrogen-bond donors (Lipinski definition) is 0. The molecule has 0 N–H and O–H groups in total. The summed E-state index contributed by atoms with van der Waals surface area (Å²) in [5.41, 5.74) is 1.34. The van der Waals surface area contributed by atoms with Gasteiger partial charge in [-0.05, 0) is 54.8 Å². The second-order valence-corrected chi connectivity index (χ2v) is 8.48. The number of nitrogens with zero attached hydrogens (tertiary/aromatic N) is 1. The van der Waals surface area contributed by atoms with E-state index >= 15 is 0 Å². The standard InChI is InChI=1S/C23H23Cl2NO5/c24-18-4-2-16(3-5-18)22(27)26-8-6-17(7-9-26)23(28)31-14-15-12-19(25)21-20(13-15)29-10-1-11-30-21/h2-5,12-13,17H,1,6-11,14H2. The first-order valence-corrected chi connectivity index (χ1v) is 11.1. The van der Waals surface area contributed by atoms with Gasteiger partial charge in [0.25, 0.3) is 5.91 Å². The highest BCUT2D eigenvalue weighted by atomic mass is 35.5. The fraction of sp³-hybridized carbons (Fsp3) is 0.391. The smallest absolute Gasteiger partial charge is 0.309 e. The summed E-state index contributed by atoms with van der Waals surface area (Å²) >= 11 is 12.2. The Morgan fingerprint density at radius 2 is 1.74 bits per heavy atom. The van der Waals surface area contributed by atoms with Crippen molar-refractivity contribution in [1.82, 2.24) is 4.90 Å². The Hall–Kier alpha value is -2.44. The van der Waals surface area contributed by atoms with Crippen molar-refractivity contribution in [3.05, 3.63) is 57.6 Å². The average Bonchev–Trinajstić information content (AvgIpc) is 3.03. The lowest BCUT2D eigenvalue weighted by Gasteiger charge is -2.31. The van der Waals surface area contributed by atoms with E-state index in [9.17, 15) is 9.59 Å². The second kappa shape index (κ2) is 9.79. The number of benzene rings is 2. The number of rotatable bonds is 4. The third-order valence-electron chi connectivity index (χ3n) is 5.45. The average molecular weight is 464 g/mol. The number of hydrogen-bond acceptors (Lipinski definition) is 5. The Bertz CT molecular complexity index is 955. The minimum Gasteiger partial charge on any atom is -0.489 e. The van der Waals surface area contributed by atoms with Crippen LogP contribution >= 0.6 is 23.2 Å². The van der Waals surface area contributed by atoms with Crippen LogP contribution in [-0.2, 0) is 16.1 Å². The van der Waals surface area contributed by atoms with Crippen molar-refractivity contribution in [3.8, 4) is 11.5 Å². The Labute approximate surface area is 191 Å². The van der Waals surface area contributed by atoms with Gasteiger partial charge in [0, 0.05) is 30.1 Å². The Kier molecular flexibility index (Phi) is 6.88. The molecule has 6 nitrogen and oxygen atoms in total. The van der Waals surface area contributed by atoms with Crippen molar-refractivity contribution in [2.24, 2.45) is 5.92 Å². The van der Waals surface area contributed by atoms with Crippen molar-refractivity contribution in [1.29, 1.82) is 0 Å². The minimum atomic E-state index is -0.262. The van der Waals surface area contributed by atoms with Gasteiger partial charge in [0.2, 0.25) is 0 Å². The van der Waals surface area contributed by atoms with Crippen LogP contribution in [0, 0.1) is 5.92 Å². The molecular weight excluding hydrogens is 441 g/mol. The molecule has 2 aromatic rings. The van der Waals surface area contributed by atoms with Crippen molar-refractivity contribution in [2.45, 2.75) is 25.9 Å². The summed E-state index contributed by atoms with van der Waals surface area (Å²) in [4.78, 5) is 26.9. The first-order valence-electron chi connectivity index (χ1n) is 10.3. The lowest BCUT2D eigenvalue weighted by Crippen LogP contribution is -2.40. The van der Waals surface area contributed by atoms with Gasteiger partial charge in [-0.3, -0.25) is 9.59 Å². The fourth-order valence-electron chi connectivity index (χ4n) is 3.73. The number of likely N-dealkylation sites (tertiary alicyclic amines) is 1. The van der Waals surface area contributed by atoms with E-state index < -0.39 is 0 Å². The van der Waals surface area contributed by atoms with E-state index in [0.717, 1.165) is 12.0 Å². The predicted molar refractivity (Wildman–Crippen MR) is 117 cm³/mol. The van der Waals surface area contributed by atoms with Gasteiger partial charge in [-0.2, -0.15) is 0 Å². The Balaban J connectivity index is 1.29. The fourth-order valence-corrected chi connectivity index (χ4v) is 4.15. The maximum absolute atomic E-state index is 12.6. The van der Waals surface area contributed by atoms with Crippen LogP contribution in [0.25, 0.3) is 0 Å². The van der Waals surface area contributed by atoms with Gasteiger partial charge >= 0.3 is 5.97 Å². The number of esters is 1. The number of ether oxygens (including phenoxy) is 3. The molecule has 1 amide bonds. The first kappa shape index (κ1) is 21.8. The van der Waals surface area contributed by atoms with Crippen LogP contribution in [0.4, 0.5) is 0 Å². The maximum atomic E-state index is 12.6. The number of carbonyl (C=O) groups is 2. The van der Waals surface area contributed by atoms with Crippen LogP contribution in [0.3, 0.4) is 0 Å². The van der Waals surface area contributed by atoms with Gasteiger partial charge < -0.3 is 19.1 Å². The van der Waals surface area contributed by atoms with Gasteiger partial charge in [0.05, 0.1) is 24.2 Å². The normalized spacial score (nSPS) is 16.5. The zero-order chi connectivity index (χ0) is 21.8. The molecule has 1 saturated heterocycles. The molecule has 0 aliphatic carbocycles. The van der Waals surface area contributed by atoms with Crippen LogP contribution in [0.1, 0.15) is 35.2 Å². The SMILES string of the molecule is O=C(OCc1cc(Cl)c2c(c1)OCCCO2)C1CCN(C(=O)c2ccc(Cl)cc2)CC1. The highest BCUT2D eigenvalue weighted by Crippen LogP contribution is 2.38. The minimum absolute atomic E-state index is 0.0506. The van der Waals surface area contributed by atoms with Crippen molar-refractivity contribution >= 4 is 35.1 Å². The summed E-state index contributed by atoms with van der Waals surface area (Å²) in [5, 5.41) is 1.03. The van der Waals surface area contributed by atoms with Crippen molar-refractivity contribution in [3.63, 3.8) is 0 Å². The molecule has 4 rings (SSSR count). The zero-order valence-corrected chi connectivity index (χ0v) is 18.5. The summed E-state index contributed by atoms with van der Waals surface area (Å²) in [6.07, 6.45) is 1.93. The van der Waals surface area contributed by atoms with Gasteiger partial charge in [-0.15, -0.1) is 0 Å². The highest BCUT2D eigenvalue weighted by molar-refractivity contribution is 6.32. The van der Waals surface area contributed by atoms with Crippen molar-refractivity contribution < 1.29 is 23.8 Å². The first-order chi connectivity index (χ1) is 15.0. The molecule has 1 fully saturated rings. The van der Waals surface area contributed by atoms with E-state index in [-0.39, 0.29) is 24.4 Å². The number of piperidine rings is 1. The molecule has 164 valence electrons. The van der Waals surface area contributed by atoms with Crippen LogP contribution < -0.4 is 9.47 Å². The molecule has 0 aromatic heterocycles. The van der Waals surface area contributed by atoms with Crippen LogP contribution in [0.5, 0.6) is 11.5 Å². The monoisotopic (exact) mass is 463 g/mol. The summed E-state index contributed by atoms with van der Waals surface area (Å²) in [6, 6.07) is 10.4. The molecule has 0 unspecified atom stereocenters. The summed E-state index contributed by atoms with van der Waals surface area (Å²) in [6.45, 7) is 2.24. The van der Waals surface area contributed by atoms with E-state index in [1.54, 1.807) is 41.3 Å². The summed E-state index contributed by atoms with van der Waals surface area (Å²) < 4.78 is 16.8. The maximum Gasteiger partial charge on any atom is 0.309 e. The number of amides is 1. The summed E-state index contributed by atoms with van der Waals surface area (Å²) in [5.74, 6) is 0.564. The van der Waals surface area contributed by atoms with E-state index in [1.165, 1.54) is 0 Å². The summed E-state index contributed by atoms with van der Waals surface area (Å²) in [7, 11) is 0. The third kappa shape index (κ3) is 5.25. The molecule has 0 bridgehead atoms. The molecule has 8 heteroatoms. The molecule has 0 radical (unpaired) electrons. The number of fused-ring (bicyclic) bond motifs is 1. The number of carbonyl (C=O) groups excluding carboxylic acids is 2. The highest BCUT2D eigenvalue weighted by Gasteiger charge is 2.29. The van der Waals surface area contributed by atoms with Gasteiger partial charge in [0.1, 0.15) is 6.61 Å². The molecule has 2 aromatic carbocycles. The second-order valence-electron chi connectivity index (χ2n) is 7.64. The zero-order valence-electron chi connectivity index (χ0n) is 16.9. The molecule has 0 spiro atoms. The molecule has 0 atom stereocenters. The van der Waals surface area contributed by atoms with E-state index in [2.05, 4.69) is 0 Å². The van der Waals surface area contributed by atoms with Crippen LogP contribution in [0.15, 0.2) is 36.4 Å². The molecule has 0 saturated carbocycles. The molecule has 2 aliphatic rings. The Morgan fingerprint density at radius 1 is 1.03 bits per heavy atom. The van der Waals surface area contributed by atoms with E-state index in [4.69, 9.17) is 37.4 Å². The molecule has 2 aliphatic heterocycles. The third-order valence-corrected chi connectivity index (χ3v) is 5.98. The number of halogens is 2. The quantitative estimate of drug-likeness (QED) is 0.612. The van der Waals surface area contributed by atoms with Gasteiger partial charge in [-0.1, -0.05) is 23.2 Å². The van der Waals surface area contributed by atoms with E-state index in [0.29, 0.717) is 66.3 Å². The van der Waals surface area contributed by atoms with Gasteiger partial charge in [0.15, 0.2) is 11.5 Å². The Morgan fingerprint density at radius 3 is 2.48 bits per heavy atom.